The van der Waals surface area contributed by atoms with Crippen LogP contribution in [-0.4, -0.2) is 13.2 Å². The minimum atomic E-state index is 0.804. The summed E-state index contributed by atoms with van der Waals surface area (Å²) in [5.74, 6) is 4.00. The first kappa shape index (κ1) is 20.0. The maximum atomic E-state index is 5.78. The monoisotopic (exact) mass is 334 g/mol. The van der Waals surface area contributed by atoms with E-state index in [1.54, 1.807) is 0 Å². The van der Waals surface area contributed by atoms with Gasteiger partial charge < -0.3 is 4.74 Å². The second-order valence-electron chi connectivity index (χ2n) is 8.52. The molecule has 0 aromatic carbocycles. The maximum absolute atomic E-state index is 5.78. The van der Waals surface area contributed by atoms with E-state index in [-0.39, 0.29) is 0 Å². The van der Waals surface area contributed by atoms with Gasteiger partial charge in [-0.3, -0.25) is 0 Å². The van der Waals surface area contributed by atoms with Crippen molar-refractivity contribution in [3.8, 4) is 0 Å². The van der Waals surface area contributed by atoms with E-state index in [1.807, 2.05) is 0 Å². The topological polar surface area (TPSA) is 9.23 Å². The van der Waals surface area contributed by atoms with Crippen LogP contribution in [0.1, 0.15) is 97.3 Å². The van der Waals surface area contributed by atoms with Crippen molar-refractivity contribution in [2.24, 2.45) is 23.7 Å². The first-order valence-electron chi connectivity index (χ1n) is 11.0. The van der Waals surface area contributed by atoms with Crippen LogP contribution in [0.3, 0.4) is 0 Å². The van der Waals surface area contributed by atoms with Crippen LogP contribution < -0.4 is 0 Å². The zero-order valence-electron chi connectivity index (χ0n) is 16.5. The van der Waals surface area contributed by atoms with Crippen molar-refractivity contribution in [2.45, 2.75) is 97.3 Å². The van der Waals surface area contributed by atoms with Crippen LogP contribution >= 0.6 is 0 Å². The van der Waals surface area contributed by atoms with Gasteiger partial charge in [-0.15, -0.1) is 0 Å². The second kappa shape index (κ2) is 12.1. The second-order valence-corrected chi connectivity index (χ2v) is 8.52. The lowest BCUT2D eigenvalue weighted by atomic mass is 9.69. The van der Waals surface area contributed by atoms with Gasteiger partial charge in [0.1, 0.15) is 0 Å². The highest BCUT2D eigenvalue weighted by Crippen LogP contribution is 2.42. The minimum Gasteiger partial charge on any atom is -0.377 e. The van der Waals surface area contributed by atoms with Gasteiger partial charge >= 0.3 is 0 Å². The van der Waals surface area contributed by atoms with Crippen LogP contribution in [0.4, 0.5) is 0 Å². The fourth-order valence-electron chi connectivity index (χ4n) is 5.03. The van der Waals surface area contributed by atoms with E-state index >= 15 is 0 Å². The highest BCUT2D eigenvalue weighted by molar-refractivity contribution is 4.82. The number of hydrogen-bond donors (Lipinski definition) is 0. The normalized spacial score (nSPS) is 31.6. The van der Waals surface area contributed by atoms with E-state index in [9.17, 15) is 0 Å². The first-order chi connectivity index (χ1) is 11.8. The molecular weight excluding hydrogens is 292 g/mol. The van der Waals surface area contributed by atoms with Crippen LogP contribution in [0.25, 0.3) is 0 Å². The van der Waals surface area contributed by atoms with Gasteiger partial charge in [0.2, 0.25) is 0 Å². The average Bonchev–Trinajstić information content (AvgIpc) is 2.64. The van der Waals surface area contributed by atoms with Gasteiger partial charge in [-0.25, -0.2) is 0 Å². The molecule has 0 heterocycles. The third kappa shape index (κ3) is 7.30. The number of hydrogen-bond acceptors (Lipinski definition) is 1. The lowest BCUT2D eigenvalue weighted by molar-refractivity contribution is 0.0778. The molecule has 0 bridgehead atoms. The molecule has 2 aliphatic carbocycles. The molecule has 140 valence electrons. The number of allylic oxidation sites excluding steroid dienone is 1. The zero-order chi connectivity index (χ0) is 17.0. The Balaban J connectivity index is 1.55. The molecule has 24 heavy (non-hydrogen) atoms. The summed E-state index contributed by atoms with van der Waals surface area (Å²) in [6.07, 6.45) is 23.4. The van der Waals surface area contributed by atoms with Gasteiger partial charge in [-0.1, -0.05) is 64.0 Å². The Morgan fingerprint density at radius 2 is 1.42 bits per heavy atom. The molecule has 1 nitrogen and oxygen atoms in total. The van der Waals surface area contributed by atoms with Crippen molar-refractivity contribution in [1.82, 2.24) is 0 Å². The van der Waals surface area contributed by atoms with E-state index in [4.69, 9.17) is 4.74 Å². The van der Waals surface area contributed by atoms with E-state index < -0.39 is 0 Å². The van der Waals surface area contributed by atoms with Crippen molar-refractivity contribution < 1.29 is 4.74 Å². The maximum Gasteiger partial charge on any atom is 0.0647 e. The summed E-state index contributed by atoms with van der Waals surface area (Å²) in [7, 11) is 0. The van der Waals surface area contributed by atoms with Gasteiger partial charge in [0.05, 0.1) is 6.61 Å². The molecule has 0 radical (unpaired) electrons. The van der Waals surface area contributed by atoms with Gasteiger partial charge in [0.15, 0.2) is 0 Å². The van der Waals surface area contributed by atoms with Crippen molar-refractivity contribution in [3.05, 3.63) is 12.2 Å². The molecular formula is C23H42O. The first-order valence-corrected chi connectivity index (χ1v) is 11.0. The fourth-order valence-corrected chi connectivity index (χ4v) is 5.03. The Morgan fingerprint density at radius 3 is 2.00 bits per heavy atom. The molecule has 1 heteroatoms. The summed E-state index contributed by atoms with van der Waals surface area (Å²) >= 11 is 0. The smallest absolute Gasteiger partial charge is 0.0647 e. The predicted octanol–water partition coefficient (Wildman–Crippen LogP) is 7.16. The lowest BCUT2D eigenvalue weighted by Gasteiger charge is -2.38. The van der Waals surface area contributed by atoms with Crippen molar-refractivity contribution in [1.29, 1.82) is 0 Å². The van der Waals surface area contributed by atoms with E-state index in [1.165, 1.54) is 83.5 Å². The van der Waals surface area contributed by atoms with Crippen molar-refractivity contribution in [2.75, 3.05) is 13.2 Å². The van der Waals surface area contributed by atoms with E-state index in [0.717, 1.165) is 36.9 Å². The highest BCUT2D eigenvalue weighted by atomic mass is 16.5. The highest BCUT2D eigenvalue weighted by Gasteiger charge is 2.30. The Bertz CT molecular complexity index is 319. The molecule has 0 aromatic rings. The van der Waals surface area contributed by atoms with Crippen LogP contribution in [-0.2, 0) is 4.74 Å². The van der Waals surface area contributed by atoms with E-state index in [0.29, 0.717) is 0 Å². The third-order valence-corrected chi connectivity index (χ3v) is 6.72. The number of rotatable bonds is 10. The predicted molar refractivity (Wildman–Crippen MR) is 105 cm³/mol. The molecule has 0 unspecified atom stereocenters. The standard InChI is InChI=1S/C23H42O/c1-3-5-7-8-9-20-10-14-22(15-11-20)23-16-12-21(13-17-23)19-24-18-6-4-2/h4,6,20-23H,3,5,7-19H2,1-2H3/b6-4-/t20-,21?,22-,23?. The molecule has 2 aliphatic rings. The van der Waals surface area contributed by atoms with Crippen LogP contribution in [0.5, 0.6) is 0 Å². The molecule has 2 rings (SSSR count). The largest absolute Gasteiger partial charge is 0.377 e. The van der Waals surface area contributed by atoms with Crippen LogP contribution in [0.2, 0.25) is 0 Å². The molecule has 2 fully saturated rings. The molecule has 0 N–H and O–H groups in total. The Morgan fingerprint density at radius 1 is 0.792 bits per heavy atom. The summed E-state index contributed by atoms with van der Waals surface area (Å²) < 4.78 is 5.78. The lowest BCUT2D eigenvalue weighted by Crippen LogP contribution is -2.27. The molecule has 2 saturated carbocycles. The van der Waals surface area contributed by atoms with E-state index in [2.05, 4.69) is 26.0 Å². The minimum absolute atomic E-state index is 0.804. The quantitative estimate of drug-likeness (QED) is 0.304. The van der Waals surface area contributed by atoms with Crippen molar-refractivity contribution >= 4 is 0 Å². The summed E-state index contributed by atoms with van der Waals surface area (Å²) in [6.45, 7) is 6.17. The van der Waals surface area contributed by atoms with Crippen molar-refractivity contribution in [3.63, 3.8) is 0 Å². The Labute approximate surface area is 151 Å². The number of ether oxygens (including phenoxy) is 1. The molecule has 0 saturated heterocycles. The summed E-state index contributed by atoms with van der Waals surface area (Å²) in [4.78, 5) is 0. The molecule has 0 aliphatic heterocycles. The molecule has 0 aromatic heterocycles. The van der Waals surface area contributed by atoms with Gasteiger partial charge in [-0.2, -0.15) is 0 Å². The summed E-state index contributed by atoms with van der Waals surface area (Å²) in [5.41, 5.74) is 0. The third-order valence-electron chi connectivity index (χ3n) is 6.72. The number of unbranched alkanes of at least 4 members (excludes halogenated alkanes) is 3. The van der Waals surface area contributed by atoms with Crippen LogP contribution in [0.15, 0.2) is 12.2 Å². The van der Waals surface area contributed by atoms with Gasteiger partial charge in [0, 0.05) is 6.61 Å². The Kier molecular flexibility index (Phi) is 10.1. The van der Waals surface area contributed by atoms with Gasteiger partial charge in [0.25, 0.3) is 0 Å². The zero-order valence-corrected chi connectivity index (χ0v) is 16.5. The molecule has 0 amide bonds. The summed E-state index contributed by atoms with van der Waals surface area (Å²) in [5, 5.41) is 0. The SMILES string of the molecule is C/C=C\COCC1CCC([C@H]2CC[C@H](CCCCCC)CC2)CC1. The van der Waals surface area contributed by atoms with Gasteiger partial charge in [-0.05, 0) is 69.1 Å². The summed E-state index contributed by atoms with van der Waals surface area (Å²) in [6, 6.07) is 0. The average molecular weight is 335 g/mol. The molecule has 0 spiro atoms. The Hall–Kier alpha value is -0.300. The fraction of sp³-hybridized carbons (Fsp3) is 0.913. The molecule has 0 atom stereocenters. The van der Waals surface area contributed by atoms with Crippen LogP contribution in [0, 0.1) is 23.7 Å².